The lowest BCUT2D eigenvalue weighted by atomic mass is 10.1. The molecule has 0 aliphatic rings. The van der Waals surface area contributed by atoms with Gasteiger partial charge in [-0.1, -0.05) is 37.6 Å². The first-order chi connectivity index (χ1) is 16.9. The van der Waals surface area contributed by atoms with E-state index in [1.165, 1.54) is 31.1 Å². The number of rotatable bonds is 12. The van der Waals surface area contributed by atoms with E-state index in [-0.39, 0.29) is 24.2 Å². The number of anilines is 1. The summed E-state index contributed by atoms with van der Waals surface area (Å²) < 4.78 is 41.7. The molecule has 1 N–H and O–H groups in total. The predicted molar refractivity (Wildman–Crippen MR) is 140 cm³/mol. The van der Waals surface area contributed by atoms with Crippen LogP contribution in [0.4, 0.5) is 10.1 Å². The molecule has 0 saturated carbocycles. The zero-order valence-electron chi connectivity index (χ0n) is 21.2. The van der Waals surface area contributed by atoms with Gasteiger partial charge in [-0.15, -0.1) is 0 Å². The van der Waals surface area contributed by atoms with Gasteiger partial charge in [-0.25, -0.2) is 8.70 Å². The minimum Gasteiger partial charge on any atom is -0.352 e. The molecule has 0 spiro atoms. The maximum Gasteiger partial charge on any atom is 0.304 e. The maximum atomic E-state index is 13.7. The molecule has 0 heterocycles. The van der Waals surface area contributed by atoms with E-state index in [0.717, 1.165) is 26.3 Å². The second kappa shape index (κ2) is 13.0. The average Bonchev–Trinajstić information content (AvgIpc) is 2.83. The van der Waals surface area contributed by atoms with Crippen LogP contribution in [0.3, 0.4) is 0 Å². The highest BCUT2D eigenvalue weighted by Crippen LogP contribution is 2.22. The smallest absolute Gasteiger partial charge is 0.304 e. The second-order valence-corrected chi connectivity index (χ2v) is 11.2. The topological polar surface area (TPSA) is 90.0 Å². The number of nitrogens with zero attached hydrogens (tertiary/aromatic N) is 3. The zero-order valence-corrected chi connectivity index (χ0v) is 22.8. The fraction of sp³-hybridized carbons (Fsp3) is 0.440. The molecular formula is C25H34ClFN4O4S. The highest BCUT2D eigenvalue weighted by atomic mass is 35.5. The third-order valence-electron chi connectivity index (χ3n) is 5.79. The second-order valence-electron chi connectivity index (χ2n) is 8.66. The zero-order chi connectivity index (χ0) is 27.0. The molecule has 0 aromatic heterocycles. The Morgan fingerprint density at radius 1 is 1.00 bits per heavy atom. The van der Waals surface area contributed by atoms with E-state index >= 15 is 0 Å². The van der Waals surface area contributed by atoms with Crippen LogP contribution in [-0.4, -0.2) is 62.2 Å². The molecule has 0 radical (unpaired) electrons. The van der Waals surface area contributed by atoms with Crippen LogP contribution in [-0.2, 0) is 26.3 Å². The lowest BCUT2D eigenvalue weighted by molar-refractivity contribution is -0.140. The van der Waals surface area contributed by atoms with Crippen molar-refractivity contribution in [2.75, 3.05) is 24.9 Å². The molecule has 2 rings (SSSR count). The Bertz CT molecular complexity index is 1130. The molecule has 8 nitrogen and oxygen atoms in total. The lowest BCUT2D eigenvalue weighted by Gasteiger charge is -2.34. The molecule has 36 heavy (non-hydrogen) atoms. The van der Waals surface area contributed by atoms with Crippen LogP contribution in [0, 0.1) is 5.82 Å². The van der Waals surface area contributed by atoms with Crippen LogP contribution in [0.2, 0.25) is 5.02 Å². The van der Waals surface area contributed by atoms with E-state index in [1.807, 2.05) is 13.8 Å². The lowest BCUT2D eigenvalue weighted by Crippen LogP contribution is -2.54. The molecule has 198 valence electrons. The predicted octanol–water partition coefficient (Wildman–Crippen LogP) is 3.81. The Hall–Kier alpha value is -2.69. The van der Waals surface area contributed by atoms with Crippen molar-refractivity contribution in [3.8, 4) is 0 Å². The van der Waals surface area contributed by atoms with Gasteiger partial charge in [0.1, 0.15) is 18.4 Å². The summed E-state index contributed by atoms with van der Waals surface area (Å²) in [6, 6.07) is 10.8. The van der Waals surface area contributed by atoms with Gasteiger partial charge in [0.15, 0.2) is 0 Å². The number of hydrogen-bond acceptors (Lipinski definition) is 4. The molecule has 0 saturated heterocycles. The number of benzene rings is 2. The summed E-state index contributed by atoms with van der Waals surface area (Å²) in [5, 5.41) is 3.44. The van der Waals surface area contributed by atoms with Crippen molar-refractivity contribution in [3.05, 3.63) is 64.9 Å². The number of hydrogen-bond donors (Lipinski definition) is 1. The van der Waals surface area contributed by atoms with Crippen LogP contribution in [0.15, 0.2) is 48.5 Å². The minimum absolute atomic E-state index is 0.0711. The minimum atomic E-state index is -4.11. The van der Waals surface area contributed by atoms with E-state index in [2.05, 4.69) is 5.32 Å². The van der Waals surface area contributed by atoms with Gasteiger partial charge >= 0.3 is 10.2 Å². The third-order valence-corrected chi connectivity index (χ3v) is 7.86. The van der Waals surface area contributed by atoms with E-state index in [1.54, 1.807) is 31.2 Å². The molecule has 2 atom stereocenters. The van der Waals surface area contributed by atoms with Crippen molar-refractivity contribution in [1.82, 2.24) is 14.5 Å². The maximum absolute atomic E-state index is 13.7. The number of nitrogens with one attached hydrogen (secondary N) is 1. The molecule has 0 aliphatic carbocycles. The van der Waals surface area contributed by atoms with Crippen LogP contribution in [0.1, 0.15) is 39.2 Å². The fourth-order valence-corrected chi connectivity index (χ4v) is 4.65. The first kappa shape index (κ1) is 29.5. The summed E-state index contributed by atoms with van der Waals surface area (Å²) in [7, 11) is -1.42. The highest BCUT2D eigenvalue weighted by molar-refractivity contribution is 7.90. The first-order valence-electron chi connectivity index (χ1n) is 11.7. The van der Waals surface area contributed by atoms with Crippen molar-refractivity contribution >= 4 is 39.3 Å². The summed E-state index contributed by atoms with van der Waals surface area (Å²) >= 11 is 6.00. The molecule has 0 unspecified atom stereocenters. The van der Waals surface area contributed by atoms with Crippen molar-refractivity contribution < 1.29 is 22.4 Å². The third kappa shape index (κ3) is 7.65. The van der Waals surface area contributed by atoms with Gasteiger partial charge in [-0.05, 0) is 61.7 Å². The normalized spacial score (nSPS) is 13.2. The van der Waals surface area contributed by atoms with Crippen LogP contribution in [0.25, 0.3) is 0 Å². The summed E-state index contributed by atoms with van der Waals surface area (Å²) in [6.45, 7) is 5.09. The van der Waals surface area contributed by atoms with Gasteiger partial charge < -0.3 is 10.2 Å². The highest BCUT2D eigenvalue weighted by Gasteiger charge is 2.34. The van der Waals surface area contributed by atoms with Crippen molar-refractivity contribution in [3.63, 3.8) is 0 Å². The molecule has 0 fully saturated rings. The number of carbonyl (C=O) groups is 2. The van der Waals surface area contributed by atoms with Gasteiger partial charge in [0.2, 0.25) is 11.8 Å². The Kier molecular flexibility index (Phi) is 10.7. The summed E-state index contributed by atoms with van der Waals surface area (Å²) in [5.41, 5.74) is 0.855. The monoisotopic (exact) mass is 540 g/mol. The molecular weight excluding hydrogens is 507 g/mol. The molecule has 2 aromatic carbocycles. The van der Waals surface area contributed by atoms with Crippen molar-refractivity contribution in [2.24, 2.45) is 0 Å². The van der Waals surface area contributed by atoms with Crippen LogP contribution >= 0.6 is 11.6 Å². The van der Waals surface area contributed by atoms with Gasteiger partial charge in [0.25, 0.3) is 0 Å². The number of halogens is 2. The molecule has 0 aliphatic heterocycles. The Labute approximate surface area is 218 Å². The van der Waals surface area contributed by atoms with Gasteiger partial charge in [-0.2, -0.15) is 12.7 Å². The van der Waals surface area contributed by atoms with Crippen LogP contribution < -0.4 is 9.62 Å². The molecule has 2 amide bonds. The Morgan fingerprint density at radius 2 is 1.58 bits per heavy atom. The van der Waals surface area contributed by atoms with Crippen LogP contribution in [0.5, 0.6) is 0 Å². The van der Waals surface area contributed by atoms with Crippen molar-refractivity contribution in [2.45, 2.75) is 52.2 Å². The Morgan fingerprint density at radius 3 is 2.08 bits per heavy atom. The standard InChI is InChI=1S/C25H34ClFN4O4S/c1-6-18(3)28-25(33)23(7-2)30(16-19-8-10-20(26)11-9-19)24(32)17-31(36(34,35)29(4)5)22-14-12-21(27)13-15-22/h8-15,18,23H,6-7,16-17H2,1-5H3,(H,28,33)/t18-,23-/m0/s1. The summed E-state index contributed by atoms with van der Waals surface area (Å²) in [5.74, 6) is -1.44. The largest absolute Gasteiger partial charge is 0.352 e. The van der Waals surface area contributed by atoms with E-state index in [0.29, 0.717) is 17.9 Å². The van der Waals surface area contributed by atoms with Gasteiger partial charge in [0.05, 0.1) is 5.69 Å². The van der Waals surface area contributed by atoms with E-state index in [9.17, 15) is 22.4 Å². The number of amides is 2. The molecule has 11 heteroatoms. The SMILES string of the molecule is CC[C@H](C)NC(=O)[C@H](CC)N(Cc1ccc(Cl)cc1)C(=O)CN(c1ccc(F)cc1)S(=O)(=O)N(C)C. The summed E-state index contributed by atoms with van der Waals surface area (Å²) in [6.07, 6.45) is 1.03. The molecule has 0 bridgehead atoms. The molecule has 2 aromatic rings. The first-order valence-corrected chi connectivity index (χ1v) is 13.5. The fourth-order valence-electron chi connectivity index (χ4n) is 3.47. The quantitative estimate of drug-likeness (QED) is 0.443. The van der Waals surface area contributed by atoms with E-state index < -0.39 is 34.5 Å². The van der Waals surface area contributed by atoms with Crippen molar-refractivity contribution in [1.29, 1.82) is 0 Å². The summed E-state index contributed by atoms with van der Waals surface area (Å²) in [4.78, 5) is 28.2. The van der Waals surface area contributed by atoms with Gasteiger partial charge in [-0.3, -0.25) is 9.59 Å². The van der Waals surface area contributed by atoms with E-state index in [4.69, 9.17) is 11.6 Å². The average molecular weight is 541 g/mol. The number of carbonyl (C=O) groups excluding carboxylic acids is 2. The Balaban J connectivity index is 2.48. The van der Waals surface area contributed by atoms with Gasteiger partial charge in [0, 0.05) is 31.7 Å².